The minimum atomic E-state index is 0.288. The zero-order valence-electron chi connectivity index (χ0n) is 7.00. The van der Waals surface area contributed by atoms with Gasteiger partial charge in [0, 0.05) is 18.5 Å². The van der Waals surface area contributed by atoms with Crippen LogP contribution in [0.3, 0.4) is 0 Å². The fraction of sp³-hybridized carbons (Fsp3) is 0.778. The van der Waals surface area contributed by atoms with Crippen LogP contribution in [0, 0.1) is 5.92 Å². The molecule has 2 atom stereocenters. The first-order valence-corrected chi connectivity index (χ1v) is 4.47. The third kappa shape index (κ3) is 2.64. The fourth-order valence-corrected chi connectivity index (χ4v) is 1.52. The van der Waals surface area contributed by atoms with Gasteiger partial charge in [0.15, 0.2) is 0 Å². The van der Waals surface area contributed by atoms with Crippen LogP contribution in [0.25, 0.3) is 0 Å². The average Bonchev–Trinajstić information content (AvgIpc) is 1.98. The smallest absolute Gasteiger partial charge is 0.0114 e. The Morgan fingerprint density at radius 2 is 2.18 bits per heavy atom. The van der Waals surface area contributed by atoms with Crippen LogP contribution in [0.15, 0.2) is 12.2 Å². The van der Waals surface area contributed by atoms with Crippen molar-refractivity contribution in [1.29, 1.82) is 0 Å². The zero-order valence-corrected chi connectivity index (χ0v) is 7.00. The van der Waals surface area contributed by atoms with Gasteiger partial charge in [-0.15, -0.1) is 0 Å². The molecule has 0 aromatic rings. The second kappa shape index (κ2) is 4.52. The maximum Gasteiger partial charge on any atom is 0.0114 e. The van der Waals surface area contributed by atoms with Gasteiger partial charge in [-0.3, -0.25) is 0 Å². The molecule has 1 aliphatic rings. The third-order valence-electron chi connectivity index (χ3n) is 2.36. The Balaban J connectivity index is 2.48. The van der Waals surface area contributed by atoms with Crippen LogP contribution in [0.2, 0.25) is 0 Å². The van der Waals surface area contributed by atoms with Crippen molar-refractivity contribution in [2.24, 2.45) is 17.4 Å². The quantitative estimate of drug-likeness (QED) is 0.554. The molecule has 11 heavy (non-hydrogen) atoms. The summed E-state index contributed by atoms with van der Waals surface area (Å²) in [5.41, 5.74) is 11.5. The molecule has 0 amide bonds. The number of nitrogens with two attached hydrogens (primary N) is 2. The molecule has 0 aliphatic heterocycles. The second-order valence-electron chi connectivity index (χ2n) is 3.28. The molecule has 0 saturated carbocycles. The average molecular weight is 154 g/mol. The lowest BCUT2D eigenvalue weighted by Crippen LogP contribution is -2.34. The summed E-state index contributed by atoms with van der Waals surface area (Å²) >= 11 is 0. The topological polar surface area (TPSA) is 52.0 Å². The maximum absolute atomic E-state index is 5.93. The molecule has 0 bridgehead atoms. The summed E-state index contributed by atoms with van der Waals surface area (Å²) in [5, 5.41) is 0. The van der Waals surface area contributed by atoms with E-state index in [4.69, 9.17) is 11.5 Å². The van der Waals surface area contributed by atoms with Crippen molar-refractivity contribution in [3.63, 3.8) is 0 Å². The van der Waals surface area contributed by atoms with Crippen LogP contribution in [-0.4, -0.2) is 12.6 Å². The van der Waals surface area contributed by atoms with Crippen molar-refractivity contribution in [1.82, 2.24) is 0 Å². The second-order valence-corrected chi connectivity index (χ2v) is 3.28. The molecule has 1 rings (SSSR count). The van der Waals surface area contributed by atoms with E-state index in [-0.39, 0.29) is 6.04 Å². The lowest BCUT2D eigenvalue weighted by molar-refractivity contribution is 0.451. The Morgan fingerprint density at radius 3 is 2.91 bits per heavy atom. The highest BCUT2D eigenvalue weighted by Gasteiger charge is 2.13. The number of allylic oxidation sites excluding steroid dienone is 1. The van der Waals surface area contributed by atoms with Gasteiger partial charge < -0.3 is 11.5 Å². The van der Waals surface area contributed by atoms with E-state index in [9.17, 15) is 0 Å². The Morgan fingerprint density at radius 1 is 1.36 bits per heavy atom. The maximum atomic E-state index is 5.93. The van der Waals surface area contributed by atoms with E-state index in [0.717, 1.165) is 6.42 Å². The van der Waals surface area contributed by atoms with Crippen molar-refractivity contribution in [2.75, 3.05) is 6.54 Å². The van der Waals surface area contributed by atoms with E-state index in [1.165, 1.54) is 19.3 Å². The van der Waals surface area contributed by atoms with E-state index < -0.39 is 0 Å². The van der Waals surface area contributed by atoms with Gasteiger partial charge in [0.25, 0.3) is 0 Å². The molecule has 0 radical (unpaired) electrons. The first-order valence-electron chi connectivity index (χ1n) is 4.47. The zero-order chi connectivity index (χ0) is 8.10. The van der Waals surface area contributed by atoms with E-state index in [0.29, 0.717) is 12.5 Å². The summed E-state index contributed by atoms with van der Waals surface area (Å²) < 4.78 is 0. The molecular formula is C9H18N2. The summed E-state index contributed by atoms with van der Waals surface area (Å²) in [6.07, 6.45) is 9.26. The van der Waals surface area contributed by atoms with Gasteiger partial charge in [-0.25, -0.2) is 0 Å². The van der Waals surface area contributed by atoms with Gasteiger partial charge >= 0.3 is 0 Å². The fourth-order valence-electron chi connectivity index (χ4n) is 1.52. The molecule has 1 aliphatic carbocycles. The van der Waals surface area contributed by atoms with E-state index >= 15 is 0 Å². The summed E-state index contributed by atoms with van der Waals surface area (Å²) in [4.78, 5) is 0. The first kappa shape index (κ1) is 8.75. The molecule has 4 N–H and O–H groups in total. The number of rotatable bonds is 1. The van der Waals surface area contributed by atoms with E-state index in [2.05, 4.69) is 12.2 Å². The Hall–Kier alpha value is -0.340. The molecule has 0 fully saturated rings. The third-order valence-corrected chi connectivity index (χ3v) is 2.36. The van der Waals surface area contributed by atoms with E-state index in [1.54, 1.807) is 0 Å². The molecule has 2 unspecified atom stereocenters. The van der Waals surface area contributed by atoms with Crippen LogP contribution >= 0.6 is 0 Å². The summed E-state index contributed by atoms with van der Waals surface area (Å²) in [6.45, 7) is 0.692. The minimum Gasteiger partial charge on any atom is -0.330 e. The van der Waals surface area contributed by atoms with Crippen molar-refractivity contribution >= 4 is 0 Å². The van der Waals surface area contributed by atoms with Gasteiger partial charge in [-0.2, -0.15) is 0 Å². The minimum absolute atomic E-state index is 0.288. The Labute approximate surface area is 68.6 Å². The molecule has 2 nitrogen and oxygen atoms in total. The van der Waals surface area contributed by atoms with Crippen molar-refractivity contribution < 1.29 is 0 Å². The molecule has 2 heteroatoms. The predicted octanol–water partition coefficient (Wildman–Crippen LogP) is 1.02. The molecule has 64 valence electrons. The van der Waals surface area contributed by atoms with Gasteiger partial charge in [0.05, 0.1) is 0 Å². The molecular weight excluding hydrogens is 136 g/mol. The Bertz CT molecular complexity index is 132. The SMILES string of the molecule is NCC1C=CCCCCC1N. The molecule has 0 aromatic carbocycles. The number of hydrogen-bond donors (Lipinski definition) is 2. The van der Waals surface area contributed by atoms with Crippen LogP contribution in [0.4, 0.5) is 0 Å². The molecule has 0 saturated heterocycles. The summed E-state index contributed by atoms with van der Waals surface area (Å²) in [6, 6.07) is 0.288. The molecule has 0 heterocycles. The predicted molar refractivity (Wildman–Crippen MR) is 48.1 cm³/mol. The van der Waals surface area contributed by atoms with Gasteiger partial charge in [0.1, 0.15) is 0 Å². The van der Waals surface area contributed by atoms with E-state index in [1.807, 2.05) is 0 Å². The standard InChI is InChI=1S/C9H18N2/c10-7-8-5-3-1-2-4-6-9(8)11/h3,5,8-9H,1-2,4,6-7,10-11H2. The normalized spacial score (nSPS) is 32.9. The van der Waals surface area contributed by atoms with Gasteiger partial charge in [-0.1, -0.05) is 18.6 Å². The van der Waals surface area contributed by atoms with Crippen molar-refractivity contribution in [2.45, 2.75) is 31.7 Å². The summed E-state index contributed by atoms with van der Waals surface area (Å²) in [5.74, 6) is 0.412. The van der Waals surface area contributed by atoms with Crippen LogP contribution in [-0.2, 0) is 0 Å². The van der Waals surface area contributed by atoms with Crippen LogP contribution in [0.5, 0.6) is 0 Å². The van der Waals surface area contributed by atoms with Crippen LogP contribution < -0.4 is 11.5 Å². The molecule has 0 spiro atoms. The molecule has 0 aromatic heterocycles. The van der Waals surface area contributed by atoms with Crippen LogP contribution in [0.1, 0.15) is 25.7 Å². The first-order chi connectivity index (χ1) is 5.34. The largest absolute Gasteiger partial charge is 0.330 e. The van der Waals surface area contributed by atoms with Gasteiger partial charge in [-0.05, 0) is 19.3 Å². The highest BCUT2D eigenvalue weighted by Crippen LogP contribution is 2.14. The van der Waals surface area contributed by atoms with Gasteiger partial charge in [0.2, 0.25) is 0 Å². The highest BCUT2D eigenvalue weighted by molar-refractivity contribution is 4.95. The lowest BCUT2D eigenvalue weighted by atomic mass is 9.92. The van der Waals surface area contributed by atoms with Crippen molar-refractivity contribution in [3.8, 4) is 0 Å². The Kier molecular flexibility index (Phi) is 3.60. The highest BCUT2D eigenvalue weighted by atomic mass is 14.7. The van der Waals surface area contributed by atoms with Crippen molar-refractivity contribution in [3.05, 3.63) is 12.2 Å². The summed E-state index contributed by atoms with van der Waals surface area (Å²) in [7, 11) is 0. The lowest BCUT2D eigenvalue weighted by Gasteiger charge is -2.20. The number of hydrogen-bond acceptors (Lipinski definition) is 2. The monoisotopic (exact) mass is 154 g/mol.